The maximum atomic E-state index is 5.67. The summed E-state index contributed by atoms with van der Waals surface area (Å²) in [7, 11) is 0. The van der Waals surface area contributed by atoms with Crippen molar-refractivity contribution in [2.75, 3.05) is 0 Å². The fourth-order valence-electron chi connectivity index (χ4n) is 1.80. The van der Waals surface area contributed by atoms with Gasteiger partial charge in [-0.25, -0.2) is 0 Å². The molecule has 0 saturated heterocycles. The summed E-state index contributed by atoms with van der Waals surface area (Å²) >= 11 is 10.5. The number of nitrogens with one attached hydrogen (secondary N) is 1. The Morgan fingerprint density at radius 3 is 2.53 bits per heavy atom. The van der Waals surface area contributed by atoms with Crippen molar-refractivity contribution in [3.63, 3.8) is 0 Å². The van der Waals surface area contributed by atoms with E-state index in [9.17, 15) is 0 Å². The lowest BCUT2D eigenvalue weighted by molar-refractivity contribution is 0.535. The van der Waals surface area contributed by atoms with Crippen LogP contribution in [0.2, 0.25) is 0 Å². The molecule has 2 aromatic rings. The minimum Gasteiger partial charge on any atom is -0.271 e. The Morgan fingerprint density at radius 2 is 1.89 bits per heavy atom. The highest BCUT2D eigenvalue weighted by molar-refractivity contribution is 9.11. The summed E-state index contributed by atoms with van der Waals surface area (Å²) in [6.45, 7) is 0. The van der Waals surface area contributed by atoms with Gasteiger partial charge in [-0.15, -0.1) is 0 Å². The molecule has 100 valence electrons. The van der Waals surface area contributed by atoms with Crippen molar-refractivity contribution in [2.45, 2.75) is 12.5 Å². The third-order valence-corrected chi connectivity index (χ3v) is 4.59. The predicted molar refractivity (Wildman–Crippen MR) is 87.5 cm³/mol. The maximum Gasteiger partial charge on any atom is 0.0732 e. The number of hydrazine groups is 1. The molecule has 0 bridgehead atoms. The van der Waals surface area contributed by atoms with Crippen molar-refractivity contribution in [3.8, 4) is 0 Å². The van der Waals surface area contributed by atoms with Gasteiger partial charge in [0.25, 0.3) is 0 Å². The average Bonchev–Trinajstić information content (AvgIpc) is 2.39. The lowest BCUT2D eigenvalue weighted by Gasteiger charge is -2.17. The van der Waals surface area contributed by atoms with E-state index in [0.29, 0.717) is 0 Å². The Morgan fingerprint density at radius 1 is 1.16 bits per heavy atom. The molecule has 2 rings (SSSR count). The summed E-state index contributed by atoms with van der Waals surface area (Å²) in [4.78, 5) is 4.42. The van der Waals surface area contributed by atoms with E-state index in [-0.39, 0.29) is 6.04 Å². The van der Waals surface area contributed by atoms with Gasteiger partial charge in [0.2, 0.25) is 0 Å². The SMILES string of the molecule is NNC(Cc1ccccc1Br)c1ncc(Br)cc1Br. The minimum absolute atomic E-state index is 0.0545. The minimum atomic E-state index is -0.0545. The van der Waals surface area contributed by atoms with Gasteiger partial charge in [0.1, 0.15) is 0 Å². The topological polar surface area (TPSA) is 50.9 Å². The van der Waals surface area contributed by atoms with Crippen molar-refractivity contribution >= 4 is 47.8 Å². The number of nitrogens with two attached hydrogens (primary N) is 1. The van der Waals surface area contributed by atoms with Crippen LogP contribution in [0.4, 0.5) is 0 Å². The normalized spacial score (nSPS) is 12.4. The predicted octanol–water partition coefficient (Wildman–Crippen LogP) is 4.12. The van der Waals surface area contributed by atoms with Crippen LogP contribution in [0, 0.1) is 0 Å². The summed E-state index contributed by atoms with van der Waals surface area (Å²) in [5.41, 5.74) is 4.90. The van der Waals surface area contributed by atoms with Gasteiger partial charge < -0.3 is 0 Å². The zero-order chi connectivity index (χ0) is 13.8. The summed E-state index contributed by atoms with van der Waals surface area (Å²) in [6.07, 6.45) is 2.52. The van der Waals surface area contributed by atoms with E-state index in [1.54, 1.807) is 6.20 Å². The molecular formula is C13H12Br3N3. The molecule has 0 spiro atoms. The molecule has 3 nitrogen and oxygen atoms in total. The lowest BCUT2D eigenvalue weighted by atomic mass is 10.0. The Kier molecular flexibility index (Phi) is 5.53. The van der Waals surface area contributed by atoms with Crippen LogP contribution in [0.1, 0.15) is 17.3 Å². The summed E-state index contributed by atoms with van der Waals surface area (Å²) in [5.74, 6) is 5.67. The van der Waals surface area contributed by atoms with E-state index in [4.69, 9.17) is 5.84 Å². The number of nitrogens with zero attached hydrogens (tertiary/aromatic N) is 1. The molecular weight excluding hydrogens is 438 g/mol. The number of benzene rings is 1. The monoisotopic (exact) mass is 447 g/mol. The molecule has 0 radical (unpaired) electrons. The third-order valence-electron chi connectivity index (χ3n) is 2.75. The first kappa shape index (κ1) is 15.1. The number of hydrogen-bond donors (Lipinski definition) is 2. The molecule has 19 heavy (non-hydrogen) atoms. The molecule has 0 aliphatic carbocycles. The van der Waals surface area contributed by atoms with E-state index in [1.165, 1.54) is 5.56 Å². The number of aromatic nitrogens is 1. The highest BCUT2D eigenvalue weighted by atomic mass is 79.9. The van der Waals surface area contributed by atoms with Gasteiger partial charge in [0.15, 0.2) is 0 Å². The first-order valence-electron chi connectivity index (χ1n) is 5.62. The molecule has 1 unspecified atom stereocenters. The van der Waals surface area contributed by atoms with E-state index in [2.05, 4.69) is 64.3 Å². The second kappa shape index (κ2) is 6.95. The second-order valence-electron chi connectivity index (χ2n) is 4.04. The molecule has 1 heterocycles. The molecule has 6 heteroatoms. The standard InChI is InChI=1S/C13H12Br3N3/c14-9-6-11(16)13(18-7-9)12(19-17)5-8-3-1-2-4-10(8)15/h1-4,6-7,12,19H,5,17H2. The molecule has 1 aromatic carbocycles. The number of halogens is 3. The van der Waals surface area contributed by atoms with Gasteiger partial charge >= 0.3 is 0 Å². The molecule has 0 aliphatic rings. The van der Waals surface area contributed by atoms with Gasteiger partial charge in [-0.3, -0.25) is 16.3 Å². The van der Waals surface area contributed by atoms with Crippen molar-refractivity contribution in [2.24, 2.45) is 5.84 Å². The Labute approximate surface area is 137 Å². The van der Waals surface area contributed by atoms with Gasteiger partial charge in [-0.1, -0.05) is 34.1 Å². The lowest BCUT2D eigenvalue weighted by Crippen LogP contribution is -2.30. The fraction of sp³-hybridized carbons (Fsp3) is 0.154. The van der Waals surface area contributed by atoms with E-state index < -0.39 is 0 Å². The highest BCUT2D eigenvalue weighted by Gasteiger charge is 2.16. The zero-order valence-corrected chi connectivity index (χ0v) is 14.7. The first-order valence-corrected chi connectivity index (χ1v) is 8.00. The van der Waals surface area contributed by atoms with E-state index in [1.807, 2.05) is 24.3 Å². The molecule has 1 aromatic heterocycles. The molecule has 0 saturated carbocycles. The van der Waals surface area contributed by atoms with Gasteiger partial charge in [0, 0.05) is 19.6 Å². The first-order chi connectivity index (χ1) is 9.11. The van der Waals surface area contributed by atoms with Crippen LogP contribution in [0.15, 0.2) is 49.9 Å². The third kappa shape index (κ3) is 3.86. The van der Waals surface area contributed by atoms with Crippen molar-refractivity contribution in [1.29, 1.82) is 0 Å². The number of pyridine rings is 1. The van der Waals surface area contributed by atoms with Crippen LogP contribution < -0.4 is 11.3 Å². The molecule has 0 fully saturated rings. The molecule has 1 atom stereocenters. The Balaban J connectivity index is 2.28. The van der Waals surface area contributed by atoms with Gasteiger partial charge in [-0.05, 0) is 56.0 Å². The van der Waals surface area contributed by atoms with Crippen LogP contribution in [0.3, 0.4) is 0 Å². The summed E-state index contributed by atoms with van der Waals surface area (Å²) < 4.78 is 2.93. The van der Waals surface area contributed by atoms with Crippen LogP contribution in [-0.4, -0.2) is 4.98 Å². The van der Waals surface area contributed by atoms with Crippen molar-refractivity contribution in [3.05, 3.63) is 61.2 Å². The van der Waals surface area contributed by atoms with Crippen molar-refractivity contribution < 1.29 is 0 Å². The Hall–Kier alpha value is -0.270. The molecule has 3 N–H and O–H groups in total. The van der Waals surface area contributed by atoms with E-state index >= 15 is 0 Å². The number of rotatable bonds is 4. The molecule has 0 aliphatic heterocycles. The second-order valence-corrected chi connectivity index (χ2v) is 6.66. The number of hydrogen-bond acceptors (Lipinski definition) is 3. The van der Waals surface area contributed by atoms with Gasteiger partial charge in [-0.2, -0.15) is 0 Å². The van der Waals surface area contributed by atoms with Gasteiger partial charge in [0.05, 0.1) is 11.7 Å². The average molecular weight is 450 g/mol. The van der Waals surface area contributed by atoms with Crippen LogP contribution >= 0.6 is 47.8 Å². The van der Waals surface area contributed by atoms with Crippen LogP contribution in [0.25, 0.3) is 0 Å². The van der Waals surface area contributed by atoms with Crippen LogP contribution in [-0.2, 0) is 6.42 Å². The maximum absolute atomic E-state index is 5.67. The van der Waals surface area contributed by atoms with E-state index in [0.717, 1.165) is 25.5 Å². The summed E-state index contributed by atoms with van der Waals surface area (Å²) in [5, 5.41) is 0. The Bertz CT molecular complexity index is 575. The highest BCUT2D eigenvalue weighted by Crippen LogP contribution is 2.28. The molecule has 0 amide bonds. The quantitative estimate of drug-likeness (QED) is 0.545. The summed E-state index contributed by atoms with van der Waals surface area (Å²) in [6, 6.07) is 10.0. The smallest absolute Gasteiger partial charge is 0.0732 e. The fourth-order valence-corrected chi connectivity index (χ4v) is 3.51. The largest absolute Gasteiger partial charge is 0.271 e. The zero-order valence-electron chi connectivity index (χ0n) is 9.91. The van der Waals surface area contributed by atoms with Crippen molar-refractivity contribution in [1.82, 2.24) is 10.4 Å². The van der Waals surface area contributed by atoms with Crippen LogP contribution in [0.5, 0.6) is 0 Å².